The summed E-state index contributed by atoms with van der Waals surface area (Å²) in [7, 11) is 0. The number of ether oxygens (including phenoxy) is 1. The van der Waals surface area contributed by atoms with E-state index in [1.807, 2.05) is 13.8 Å². The van der Waals surface area contributed by atoms with Crippen molar-refractivity contribution >= 4 is 0 Å². The average molecular weight is 241 g/mol. The molecule has 0 aromatic heterocycles. The van der Waals surface area contributed by atoms with Crippen LogP contribution in [0.1, 0.15) is 52.4 Å². The third-order valence-electron chi connectivity index (χ3n) is 3.83. The first-order valence-electron chi connectivity index (χ1n) is 7.13. The second kappa shape index (κ2) is 5.68. The molecule has 3 nitrogen and oxygen atoms in total. The molecular weight excluding hydrogens is 214 g/mol. The molecule has 2 rings (SSSR count). The Bertz CT molecular complexity index is 223. The lowest BCUT2D eigenvalue weighted by Gasteiger charge is -2.36. The van der Waals surface area contributed by atoms with Crippen LogP contribution in [0.25, 0.3) is 0 Å². The van der Waals surface area contributed by atoms with Gasteiger partial charge in [-0.15, -0.1) is 0 Å². The molecule has 1 N–H and O–H groups in total. The average Bonchev–Trinajstić information content (AvgIpc) is 2.71. The van der Waals surface area contributed by atoms with Gasteiger partial charge in [-0.3, -0.25) is 0 Å². The van der Waals surface area contributed by atoms with Crippen molar-refractivity contribution in [1.29, 1.82) is 0 Å². The topological polar surface area (TPSA) is 32.7 Å². The van der Waals surface area contributed by atoms with Crippen LogP contribution in [0, 0.1) is 0 Å². The largest absolute Gasteiger partial charge is 0.389 e. The maximum absolute atomic E-state index is 9.79. The highest BCUT2D eigenvalue weighted by atomic mass is 16.5. The number of aliphatic hydroxyl groups is 1. The predicted molar refractivity (Wildman–Crippen MR) is 69.1 cm³/mol. The Morgan fingerprint density at radius 1 is 1.06 bits per heavy atom. The first kappa shape index (κ1) is 13.3. The van der Waals surface area contributed by atoms with E-state index in [2.05, 4.69) is 4.90 Å². The summed E-state index contributed by atoms with van der Waals surface area (Å²) in [6, 6.07) is 0. The molecule has 1 saturated heterocycles. The van der Waals surface area contributed by atoms with Crippen LogP contribution >= 0.6 is 0 Å². The highest BCUT2D eigenvalue weighted by Crippen LogP contribution is 2.25. The SMILES string of the molecule is CC(C)(O)CN1CCC(OC2CCCC2)CC1. The van der Waals surface area contributed by atoms with E-state index >= 15 is 0 Å². The maximum Gasteiger partial charge on any atom is 0.0718 e. The second-order valence-electron chi connectivity index (χ2n) is 6.33. The first-order chi connectivity index (χ1) is 8.03. The summed E-state index contributed by atoms with van der Waals surface area (Å²) in [4.78, 5) is 2.36. The third-order valence-corrected chi connectivity index (χ3v) is 3.83. The summed E-state index contributed by atoms with van der Waals surface area (Å²) in [5.74, 6) is 0. The van der Waals surface area contributed by atoms with E-state index in [1.165, 1.54) is 25.7 Å². The Balaban J connectivity index is 1.67. The van der Waals surface area contributed by atoms with Crippen LogP contribution in [0.5, 0.6) is 0 Å². The van der Waals surface area contributed by atoms with Crippen molar-refractivity contribution in [3.63, 3.8) is 0 Å². The number of likely N-dealkylation sites (tertiary alicyclic amines) is 1. The smallest absolute Gasteiger partial charge is 0.0718 e. The normalized spacial score (nSPS) is 25.6. The Morgan fingerprint density at radius 3 is 2.12 bits per heavy atom. The molecule has 1 heterocycles. The number of β-amino-alcohol motifs (C(OH)–C–C–N with tert-alkyl or cyclic N) is 1. The van der Waals surface area contributed by atoms with Gasteiger partial charge in [-0.05, 0) is 39.5 Å². The molecule has 1 aliphatic heterocycles. The van der Waals surface area contributed by atoms with Crippen molar-refractivity contribution in [2.45, 2.75) is 70.2 Å². The minimum Gasteiger partial charge on any atom is -0.389 e. The molecule has 1 saturated carbocycles. The van der Waals surface area contributed by atoms with Crippen molar-refractivity contribution in [1.82, 2.24) is 4.90 Å². The number of piperidine rings is 1. The molecule has 0 aromatic carbocycles. The highest BCUT2D eigenvalue weighted by Gasteiger charge is 2.26. The van der Waals surface area contributed by atoms with Crippen LogP contribution in [0.3, 0.4) is 0 Å². The maximum atomic E-state index is 9.79. The third kappa shape index (κ3) is 4.57. The number of hydrogen-bond donors (Lipinski definition) is 1. The molecule has 17 heavy (non-hydrogen) atoms. The van der Waals surface area contributed by atoms with E-state index in [9.17, 15) is 5.11 Å². The van der Waals surface area contributed by atoms with E-state index < -0.39 is 5.60 Å². The minimum atomic E-state index is -0.570. The monoisotopic (exact) mass is 241 g/mol. The van der Waals surface area contributed by atoms with Crippen LogP contribution < -0.4 is 0 Å². The first-order valence-corrected chi connectivity index (χ1v) is 7.13. The molecule has 2 aliphatic rings. The Morgan fingerprint density at radius 2 is 1.59 bits per heavy atom. The quantitative estimate of drug-likeness (QED) is 0.819. The summed E-state index contributed by atoms with van der Waals surface area (Å²) in [6.45, 7) is 6.69. The van der Waals surface area contributed by atoms with E-state index in [0.717, 1.165) is 32.5 Å². The summed E-state index contributed by atoms with van der Waals surface area (Å²) < 4.78 is 6.14. The standard InChI is InChI=1S/C14H27NO2/c1-14(2,16)11-15-9-7-13(8-10-15)17-12-5-3-4-6-12/h12-13,16H,3-11H2,1-2H3. The van der Waals surface area contributed by atoms with Gasteiger partial charge in [0.1, 0.15) is 0 Å². The van der Waals surface area contributed by atoms with Gasteiger partial charge in [0, 0.05) is 19.6 Å². The zero-order valence-corrected chi connectivity index (χ0v) is 11.3. The predicted octanol–water partition coefficient (Wildman–Crippen LogP) is 2.18. The van der Waals surface area contributed by atoms with Gasteiger partial charge in [0.2, 0.25) is 0 Å². The lowest BCUT2D eigenvalue weighted by atomic mass is 10.0. The fourth-order valence-electron chi connectivity index (χ4n) is 3.05. The van der Waals surface area contributed by atoms with Gasteiger partial charge < -0.3 is 14.7 Å². The number of hydrogen-bond acceptors (Lipinski definition) is 3. The molecule has 0 amide bonds. The summed E-state index contributed by atoms with van der Waals surface area (Å²) in [6.07, 6.45) is 8.51. The van der Waals surface area contributed by atoms with E-state index in [1.54, 1.807) is 0 Å². The van der Waals surface area contributed by atoms with Crippen molar-refractivity contribution in [2.24, 2.45) is 0 Å². The van der Waals surface area contributed by atoms with E-state index in [4.69, 9.17) is 4.74 Å². The molecule has 0 atom stereocenters. The van der Waals surface area contributed by atoms with Gasteiger partial charge >= 0.3 is 0 Å². The van der Waals surface area contributed by atoms with Crippen LogP contribution in [0.2, 0.25) is 0 Å². The zero-order valence-electron chi connectivity index (χ0n) is 11.3. The van der Waals surface area contributed by atoms with E-state index in [0.29, 0.717) is 12.2 Å². The Hall–Kier alpha value is -0.120. The lowest BCUT2D eigenvalue weighted by Crippen LogP contribution is -2.44. The fourth-order valence-corrected chi connectivity index (χ4v) is 3.05. The van der Waals surface area contributed by atoms with Gasteiger partial charge in [-0.25, -0.2) is 0 Å². The van der Waals surface area contributed by atoms with Gasteiger partial charge in [0.05, 0.1) is 17.8 Å². The van der Waals surface area contributed by atoms with Gasteiger partial charge in [0.25, 0.3) is 0 Å². The summed E-state index contributed by atoms with van der Waals surface area (Å²) in [5.41, 5.74) is -0.570. The summed E-state index contributed by atoms with van der Waals surface area (Å²) >= 11 is 0. The molecule has 1 aliphatic carbocycles. The lowest BCUT2D eigenvalue weighted by molar-refractivity contribution is -0.0502. The zero-order chi connectivity index (χ0) is 12.3. The highest BCUT2D eigenvalue weighted by molar-refractivity contribution is 4.79. The molecule has 0 spiro atoms. The van der Waals surface area contributed by atoms with Gasteiger partial charge in [0.15, 0.2) is 0 Å². The fraction of sp³-hybridized carbons (Fsp3) is 1.00. The second-order valence-corrected chi connectivity index (χ2v) is 6.33. The molecule has 0 unspecified atom stereocenters. The molecule has 100 valence electrons. The molecule has 2 fully saturated rings. The summed E-state index contributed by atoms with van der Waals surface area (Å²) in [5, 5.41) is 9.79. The van der Waals surface area contributed by atoms with Crippen molar-refractivity contribution in [3.8, 4) is 0 Å². The van der Waals surface area contributed by atoms with Gasteiger partial charge in [-0.1, -0.05) is 12.8 Å². The molecule has 0 bridgehead atoms. The van der Waals surface area contributed by atoms with Crippen LogP contribution in [-0.2, 0) is 4.74 Å². The van der Waals surface area contributed by atoms with E-state index in [-0.39, 0.29) is 0 Å². The van der Waals surface area contributed by atoms with Crippen molar-refractivity contribution < 1.29 is 9.84 Å². The molecule has 0 aromatic rings. The molecule has 3 heteroatoms. The van der Waals surface area contributed by atoms with Crippen LogP contribution in [0.15, 0.2) is 0 Å². The van der Waals surface area contributed by atoms with Gasteiger partial charge in [-0.2, -0.15) is 0 Å². The molecular formula is C14H27NO2. The van der Waals surface area contributed by atoms with Crippen molar-refractivity contribution in [2.75, 3.05) is 19.6 Å². The van der Waals surface area contributed by atoms with Crippen LogP contribution in [-0.4, -0.2) is 47.4 Å². The Kier molecular flexibility index (Phi) is 4.45. The number of rotatable bonds is 4. The minimum absolute atomic E-state index is 0.469. The van der Waals surface area contributed by atoms with Crippen molar-refractivity contribution in [3.05, 3.63) is 0 Å². The number of nitrogens with zero attached hydrogens (tertiary/aromatic N) is 1. The Labute approximate surface area is 105 Å². The van der Waals surface area contributed by atoms with Crippen LogP contribution in [0.4, 0.5) is 0 Å². The molecule has 0 radical (unpaired) electrons.